The SMILES string of the molecule is CC1CN(Cc2nc3ccc(F)cc3s2)CC1N.Cl. The van der Waals surface area contributed by atoms with Crippen molar-refractivity contribution in [3.8, 4) is 0 Å². The standard InChI is InChI=1S/C13H16FN3S.ClH/c1-8-5-17(6-10(8)15)7-13-16-11-3-2-9(14)4-12(11)18-13;/h2-4,8,10H,5-7,15H2,1H3;1H. The lowest BCUT2D eigenvalue weighted by Crippen LogP contribution is -2.28. The molecule has 1 fully saturated rings. The van der Waals surface area contributed by atoms with Crippen molar-refractivity contribution in [3.05, 3.63) is 29.0 Å². The van der Waals surface area contributed by atoms with Gasteiger partial charge in [-0.15, -0.1) is 23.7 Å². The Hall–Kier alpha value is -0.750. The molecule has 0 spiro atoms. The number of aromatic nitrogens is 1. The number of hydrogen-bond donors (Lipinski definition) is 1. The molecule has 1 aromatic carbocycles. The molecule has 0 radical (unpaired) electrons. The fourth-order valence-electron chi connectivity index (χ4n) is 2.43. The van der Waals surface area contributed by atoms with E-state index in [-0.39, 0.29) is 24.3 Å². The lowest BCUT2D eigenvalue weighted by molar-refractivity contribution is 0.318. The van der Waals surface area contributed by atoms with Crippen LogP contribution < -0.4 is 5.73 Å². The molecule has 1 aromatic heterocycles. The second kappa shape index (κ2) is 5.71. The van der Waals surface area contributed by atoms with E-state index in [4.69, 9.17) is 5.73 Å². The van der Waals surface area contributed by atoms with Crippen molar-refractivity contribution in [2.24, 2.45) is 11.7 Å². The fourth-order valence-corrected chi connectivity index (χ4v) is 3.46. The van der Waals surface area contributed by atoms with Gasteiger partial charge in [0.2, 0.25) is 0 Å². The molecule has 2 heterocycles. The van der Waals surface area contributed by atoms with Crippen LogP contribution in [0.25, 0.3) is 10.2 Å². The summed E-state index contributed by atoms with van der Waals surface area (Å²) in [6.45, 7) is 4.94. The first kappa shape index (κ1) is 14.7. The van der Waals surface area contributed by atoms with Crippen LogP contribution in [0.2, 0.25) is 0 Å². The topological polar surface area (TPSA) is 42.2 Å². The molecular weight excluding hydrogens is 285 g/mol. The predicted molar refractivity (Wildman–Crippen MR) is 79.2 cm³/mol. The Kier molecular flexibility index (Phi) is 4.40. The molecule has 0 amide bonds. The maximum atomic E-state index is 13.1. The first-order valence-corrected chi connectivity index (χ1v) is 6.96. The average molecular weight is 302 g/mol. The van der Waals surface area contributed by atoms with Crippen LogP contribution >= 0.6 is 23.7 Å². The van der Waals surface area contributed by atoms with Crippen LogP contribution in [0.3, 0.4) is 0 Å². The zero-order valence-electron chi connectivity index (χ0n) is 10.7. The molecule has 3 rings (SSSR count). The minimum absolute atomic E-state index is 0. The average Bonchev–Trinajstić information content (AvgIpc) is 2.82. The molecule has 2 unspecified atom stereocenters. The van der Waals surface area contributed by atoms with Gasteiger partial charge in [-0.1, -0.05) is 6.92 Å². The van der Waals surface area contributed by atoms with Crippen LogP contribution in [0, 0.1) is 11.7 Å². The minimum Gasteiger partial charge on any atom is -0.326 e. The molecular formula is C13H17ClFN3S. The fraction of sp³-hybridized carbons (Fsp3) is 0.462. The molecule has 6 heteroatoms. The highest BCUT2D eigenvalue weighted by atomic mass is 35.5. The summed E-state index contributed by atoms with van der Waals surface area (Å²) >= 11 is 1.57. The van der Waals surface area contributed by atoms with E-state index >= 15 is 0 Å². The van der Waals surface area contributed by atoms with Crippen LogP contribution in [0.15, 0.2) is 18.2 Å². The van der Waals surface area contributed by atoms with Gasteiger partial charge in [0.05, 0.1) is 16.8 Å². The molecule has 1 saturated heterocycles. The molecule has 1 aliphatic rings. The number of fused-ring (bicyclic) bond motifs is 1. The van der Waals surface area contributed by atoms with E-state index < -0.39 is 0 Å². The van der Waals surface area contributed by atoms with Crippen LogP contribution in [0.5, 0.6) is 0 Å². The van der Waals surface area contributed by atoms with Crippen molar-refractivity contribution >= 4 is 34.0 Å². The van der Waals surface area contributed by atoms with Gasteiger partial charge < -0.3 is 5.73 Å². The number of nitrogens with zero attached hydrogens (tertiary/aromatic N) is 2. The molecule has 2 atom stereocenters. The Bertz CT molecular complexity index is 564. The van der Waals surface area contributed by atoms with E-state index in [1.54, 1.807) is 23.5 Å². The number of rotatable bonds is 2. The monoisotopic (exact) mass is 301 g/mol. The Morgan fingerprint density at radius 3 is 2.95 bits per heavy atom. The van der Waals surface area contributed by atoms with E-state index in [1.165, 1.54) is 6.07 Å². The molecule has 1 aliphatic heterocycles. The summed E-state index contributed by atoms with van der Waals surface area (Å²) in [5.41, 5.74) is 6.89. The zero-order chi connectivity index (χ0) is 12.7. The number of likely N-dealkylation sites (tertiary alicyclic amines) is 1. The van der Waals surface area contributed by atoms with Gasteiger partial charge in [0.25, 0.3) is 0 Å². The maximum Gasteiger partial charge on any atom is 0.124 e. The number of nitrogens with two attached hydrogens (primary N) is 1. The third-order valence-corrected chi connectivity index (χ3v) is 4.50. The summed E-state index contributed by atoms with van der Waals surface area (Å²) in [6.07, 6.45) is 0. The van der Waals surface area contributed by atoms with Crippen LogP contribution in [0.1, 0.15) is 11.9 Å². The number of hydrogen-bond acceptors (Lipinski definition) is 4. The molecule has 0 saturated carbocycles. The highest BCUT2D eigenvalue weighted by molar-refractivity contribution is 7.18. The van der Waals surface area contributed by atoms with Gasteiger partial charge in [-0.3, -0.25) is 4.90 Å². The van der Waals surface area contributed by atoms with Crippen molar-refractivity contribution in [3.63, 3.8) is 0 Å². The summed E-state index contributed by atoms with van der Waals surface area (Å²) in [7, 11) is 0. The van der Waals surface area contributed by atoms with Crippen molar-refractivity contribution in [1.29, 1.82) is 0 Å². The largest absolute Gasteiger partial charge is 0.326 e. The highest BCUT2D eigenvalue weighted by Gasteiger charge is 2.26. The summed E-state index contributed by atoms with van der Waals surface area (Å²) in [4.78, 5) is 6.86. The van der Waals surface area contributed by atoms with Gasteiger partial charge in [0, 0.05) is 19.1 Å². The summed E-state index contributed by atoms with van der Waals surface area (Å²) in [6, 6.07) is 5.01. The zero-order valence-corrected chi connectivity index (χ0v) is 12.3. The molecule has 19 heavy (non-hydrogen) atoms. The normalized spacial score (nSPS) is 23.7. The lowest BCUT2D eigenvalue weighted by atomic mass is 10.1. The van der Waals surface area contributed by atoms with Gasteiger partial charge in [0.15, 0.2) is 0 Å². The first-order chi connectivity index (χ1) is 8.61. The molecule has 104 valence electrons. The highest BCUT2D eigenvalue weighted by Crippen LogP contribution is 2.25. The quantitative estimate of drug-likeness (QED) is 0.927. The minimum atomic E-state index is -0.200. The number of halogens is 2. The summed E-state index contributed by atoms with van der Waals surface area (Å²) < 4.78 is 14.0. The first-order valence-electron chi connectivity index (χ1n) is 6.15. The third-order valence-electron chi connectivity index (χ3n) is 3.50. The van der Waals surface area contributed by atoms with Crippen molar-refractivity contribution < 1.29 is 4.39 Å². The van der Waals surface area contributed by atoms with Crippen LogP contribution in [-0.4, -0.2) is 29.0 Å². The Morgan fingerprint density at radius 1 is 1.47 bits per heavy atom. The molecule has 0 aliphatic carbocycles. The number of benzene rings is 1. The number of thiazole rings is 1. The van der Waals surface area contributed by atoms with E-state index in [0.29, 0.717) is 5.92 Å². The van der Waals surface area contributed by atoms with Crippen LogP contribution in [0.4, 0.5) is 4.39 Å². The van der Waals surface area contributed by atoms with E-state index in [1.807, 2.05) is 0 Å². The van der Waals surface area contributed by atoms with Gasteiger partial charge in [-0.25, -0.2) is 9.37 Å². The maximum absolute atomic E-state index is 13.1. The van der Waals surface area contributed by atoms with E-state index in [0.717, 1.165) is 34.9 Å². The third kappa shape index (κ3) is 3.05. The molecule has 3 nitrogen and oxygen atoms in total. The Morgan fingerprint density at radius 2 is 2.26 bits per heavy atom. The lowest BCUT2D eigenvalue weighted by Gasteiger charge is -2.12. The van der Waals surface area contributed by atoms with E-state index in [9.17, 15) is 4.39 Å². The van der Waals surface area contributed by atoms with Crippen molar-refractivity contribution in [2.75, 3.05) is 13.1 Å². The second-order valence-corrected chi connectivity index (χ2v) is 6.17. The second-order valence-electron chi connectivity index (χ2n) is 5.05. The predicted octanol–water partition coefficient (Wildman–Crippen LogP) is 2.64. The van der Waals surface area contributed by atoms with Crippen molar-refractivity contribution in [1.82, 2.24) is 9.88 Å². The smallest absolute Gasteiger partial charge is 0.124 e. The summed E-state index contributed by atoms with van der Waals surface area (Å²) in [5.74, 6) is 0.339. The van der Waals surface area contributed by atoms with E-state index in [2.05, 4.69) is 16.8 Å². The Balaban J connectivity index is 0.00000133. The van der Waals surface area contributed by atoms with Crippen molar-refractivity contribution in [2.45, 2.75) is 19.5 Å². The molecule has 2 N–H and O–H groups in total. The Labute approximate surface area is 122 Å². The molecule has 0 bridgehead atoms. The summed E-state index contributed by atoms with van der Waals surface area (Å²) in [5, 5.41) is 1.04. The molecule has 2 aromatic rings. The van der Waals surface area contributed by atoms with Crippen LogP contribution in [-0.2, 0) is 6.54 Å². The van der Waals surface area contributed by atoms with Gasteiger partial charge >= 0.3 is 0 Å². The van der Waals surface area contributed by atoms with Gasteiger partial charge in [-0.2, -0.15) is 0 Å². The van der Waals surface area contributed by atoms with Gasteiger partial charge in [0.1, 0.15) is 10.8 Å². The van der Waals surface area contributed by atoms with Gasteiger partial charge in [-0.05, 0) is 24.1 Å².